The molecule has 0 fully saturated rings. The summed E-state index contributed by atoms with van der Waals surface area (Å²) in [5.74, 6) is 0.866. The lowest BCUT2D eigenvalue weighted by Crippen LogP contribution is -2.24. The molecule has 0 radical (unpaired) electrons. The maximum absolute atomic E-state index is 12.9. The van der Waals surface area contributed by atoms with Crippen LogP contribution in [0.5, 0.6) is 0 Å². The van der Waals surface area contributed by atoms with E-state index in [1.807, 2.05) is 0 Å². The Kier molecular flexibility index (Phi) is 4.92. The van der Waals surface area contributed by atoms with Gasteiger partial charge in [0.1, 0.15) is 0 Å². The van der Waals surface area contributed by atoms with Crippen LogP contribution in [-0.4, -0.2) is 16.5 Å². The molecule has 0 bridgehead atoms. The van der Waals surface area contributed by atoms with Crippen LogP contribution in [0.4, 0.5) is 18.9 Å². The van der Waals surface area contributed by atoms with Crippen LogP contribution in [0.1, 0.15) is 32.3 Å². The zero-order chi connectivity index (χ0) is 15.7. The number of amidine groups is 1. The van der Waals surface area contributed by atoms with Gasteiger partial charge >= 0.3 is 6.18 Å². The lowest BCUT2D eigenvalue weighted by molar-refractivity contribution is -0.138. The van der Waals surface area contributed by atoms with Crippen molar-refractivity contribution in [2.45, 2.75) is 38.4 Å². The van der Waals surface area contributed by atoms with Crippen LogP contribution in [0.25, 0.3) is 0 Å². The number of aliphatic imine (C=N–C) groups is 1. The molecule has 1 heterocycles. The molecule has 0 saturated heterocycles. The quantitative estimate of drug-likeness (QED) is 0.743. The molecular formula is C14H16BrF3N2S. The van der Waals surface area contributed by atoms with Crippen LogP contribution >= 0.6 is 27.7 Å². The highest BCUT2D eigenvalue weighted by Gasteiger charge is 2.34. The number of halogens is 4. The Labute approximate surface area is 134 Å². The van der Waals surface area contributed by atoms with Crippen LogP contribution in [0.15, 0.2) is 27.7 Å². The van der Waals surface area contributed by atoms with Crippen LogP contribution in [0, 0.1) is 0 Å². The Balaban J connectivity index is 2.22. The number of nitrogens with one attached hydrogen (secondary N) is 1. The molecule has 0 spiro atoms. The van der Waals surface area contributed by atoms with E-state index in [1.54, 1.807) is 17.8 Å². The van der Waals surface area contributed by atoms with Crippen LogP contribution in [-0.2, 0) is 6.18 Å². The van der Waals surface area contributed by atoms with Crippen molar-refractivity contribution in [1.29, 1.82) is 0 Å². The van der Waals surface area contributed by atoms with Gasteiger partial charge in [-0.25, -0.2) is 0 Å². The standard InChI is InChI=1S/C14H16BrF3N2S/c1-3-13(4-2)8-21-12(20-13)19-9-5-6-11(15)10(7-9)14(16,17)18/h5-7H,3-4,8H2,1-2H3,(H,19,20). The van der Waals surface area contributed by atoms with E-state index in [1.165, 1.54) is 6.07 Å². The van der Waals surface area contributed by atoms with Crippen molar-refractivity contribution in [2.24, 2.45) is 4.99 Å². The minimum Gasteiger partial charge on any atom is -0.335 e. The first-order valence-corrected chi connectivity index (χ1v) is 8.44. The third-order valence-electron chi connectivity index (χ3n) is 3.66. The summed E-state index contributed by atoms with van der Waals surface area (Å²) in [5.41, 5.74) is -0.372. The molecule has 21 heavy (non-hydrogen) atoms. The Morgan fingerprint density at radius 1 is 1.33 bits per heavy atom. The first kappa shape index (κ1) is 16.7. The van der Waals surface area contributed by atoms with Gasteiger partial charge in [-0.3, -0.25) is 4.99 Å². The fourth-order valence-corrected chi connectivity index (χ4v) is 3.90. The van der Waals surface area contributed by atoms with E-state index in [0.717, 1.165) is 24.7 Å². The van der Waals surface area contributed by atoms with Crippen LogP contribution in [0.3, 0.4) is 0 Å². The lowest BCUT2D eigenvalue weighted by atomic mass is 9.97. The monoisotopic (exact) mass is 380 g/mol. The molecule has 1 aliphatic heterocycles. The highest BCUT2D eigenvalue weighted by Crippen LogP contribution is 2.38. The maximum Gasteiger partial charge on any atom is 0.417 e. The zero-order valence-electron chi connectivity index (χ0n) is 11.7. The molecule has 0 saturated carbocycles. The Morgan fingerprint density at radius 3 is 2.52 bits per heavy atom. The second-order valence-corrected chi connectivity index (χ2v) is 6.77. The number of nitrogens with zero attached hydrogens (tertiary/aromatic N) is 1. The predicted molar refractivity (Wildman–Crippen MR) is 86.0 cm³/mol. The molecule has 1 aliphatic rings. The van der Waals surface area contributed by atoms with E-state index in [2.05, 4.69) is 40.1 Å². The molecule has 0 amide bonds. The normalized spacial score (nSPS) is 17.7. The van der Waals surface area contributed by atoms with Crippen molar-refractivity contribution in [1.82, 2.24) is 0 Å². The van der Waals surface area contributed by atoms with Gasteiger partial charge in [0.25, 0.3) is 0 Å². The largest absolute Gasteiger partial charge is 0.417 e. The molecular weight excluding hydrogens is 365 g/mol. The summed E-state index contributed by atoms with van der Waals surface area (Å²) in [6.07, 6.45) is -2.52. The number of thioether (sulfide) groups is 1. The Morgan fingerprint density at radius 2 is 2.00 bits per heavy atom. The lowest BCUT2D eigenvalue weighted by Gasteiger charge is -2.20. The van der Waals surface area contributed by atoms with Crippen molar-refractivity contribution < 1.29 is 13.2 Å². The molecule has 0 unspecified atom stereocenters. The number of alkyl halides is 3. The minimum atomic E-state index is -4.38. The van der Waals surface area contributed by atoms with Crippen molar-refractivity contribution in [2.75, 3.05) is 11.1 Å². The van der Waals surface area contributed by atoms with Gasteiger partial charge in [-0.2, -0.15) is 13.2 Å². The summed E-state index contributed by atoms with van der Waals surface area (Å²) in [4.78, 5) is 4.64. The molecule has 2 rings (SSSR count). The van der Waals surface area contributed by atoms with Crippen molar-refractivity contribution in [3.63, 3.8) is 0 Å². The van der Waals surface area contributed by atoms with E-state index in [-0.39, 0.29) is 10.0 Å². The SMILES string of the molecule is CCC1(CC)CSC(Nc2ccc(Br)c(C(F)(F)F)c2)=N1. The van der Waals surface area contributed by atoms with E-state index < -0.39 is 11.7 Å². The number of hydrogen-bond donors (Lipinski definition) is 1. The third-order valence-corrected chi connectivity index (χ3v) is 5.50. The molecule has 7 heteroatoms. The van der Waals surface area contributed by atoms with Gasteiger partial charge in [-0.15, -0.1) is 0 Å². The second kappa shape index (κ2) is 6.20. The van der Waals surface area contributed by atoms with Crippen LogP contribution in [0.2, 0.25) is 0 Å². The van der Waals surface area contributed by atoms with Gasteiger partial charge in [0, 0.05) is 15.9 Å². The molecule has 0 atom stereocenters. The summed E-state index contributed by atoms with van der Waals surface area (Å²) in [7, 11) is 0. The highest BCUT2D eigenvalue weighted by molar-refractivity contribution is 9.10. The van der Waals surface area contributed by atoms with Gasteiger partial charge in [-0.05, 0) is 31.0 Å². The summed E-state index contributed by atoms with van der Waals surface area (Å²) in [6.45, 7) is 4.16. The fraction of sp³-hybridized carbons (Fsp3) is 0.500. The average molecular weight is 381 g/mol. The summed E-state index contributed by atoms with van der Waals surface area (Å²) < 4.78 is 38.7. The summed E-state index contributed by atoms with van der Waals surface area (Å²) in [5, 5.41) is 3.69. The maximum atomic E-state index is 12.9. The van der Waals surface area contributed by atoms with Gasteiger partial charge in [0.05, 0.1) is 11.1 Å². The summed E-state index contributed by atoms with van der Waals surface area (Å²) in [6, 6.07) is 4.11. The van der Waals surface area contributed by atoms with Crippen molar-refractivity contribution in [3.8, 4) is 0 Å². The van der Waals surface area contributed by atoms with E-state index in [9.17, 15) is 13.2 Å². The molecule has 0 aromatic heterocycles. The minimum absolute atomic E-state index is 0.0398. The Bertz CT molecular complexity index is 554. The number of anilines is 1. The molecule has 2 nitrogen and oxygen atoms in total. The molecule has 1 N–H and O–H groups in total. The zero-order valence-corrected chi connectivity index (χ0v) is 14.1. The predicted octanol–water partition coefficient (Wildman–Crippen LogP) is 5.54. The smallest absolute Gasteiger partial charge is 0.335 e. The molecule has 1 aromatic carbocycles. The van der Waals surface area contributed by atoms with E-state index in [0.29, 0.717) is 10.9 Å². The molecule has 1 aromatic rings. The van der Waals surface area contributed by atoms with E-state index >= 15 is 0 Å². The van der Waals surface area contributed by atoms with Gasteiger partial charge in [0.2, 0.25) is 0 Å². The van der Waals surface area contributed by atoms with Crippen molar-refractivity contribution in [3.05, 3.63) is 28.2 Å². The first-order chi connectivity index (χ1) is 9.79. The van der Waals surface area contributed by atoms with Gasteiger partial charge in [-0.1, -0.05) is 41.5 Å². The highest BCUT2D eigenvalue weighted by atomic mass is 79.9. The fourth-order valence-electron chi connectivity index (χ4n) is 2.10. The second-order valence-electron chi connectivity index (χ2n) is 4.95. The van der Waals surface area contributed by atoms with Crippen molar-refractivity contribution >= 4 is 38.5 Å². The number of rotatable bonds is 3. The molecule has 0 aliphatic carbocycles. The van der Waals surface area contributed by atoms with E-state index in [4.69, 9.17) is 0 Å². The topological polar surface area (TPSA) is 24.4 Å². The van der Waals surface area contributed by atoms with Gasteiger partial charge in [0.15, 0.2) is 5.17 Å². The third kappa shape index (κ3) is 3.74. The van der Waals surface area contributed by atoms with Crippen LogP contribution < -0.4 is 5.32 Å². The number of hydrogen-bond acceptors (Lipinski definition) is 3. The molecule has 116 valence electrons. The number of benzene rings is 1. The van der Waals surface area contributed by atoms with Gasteiger partial charge < -0.3 is 5.32 Å². The average Bonchev–Trinajstić information content (AvgIpc) is 2.84. The summed E-state index contributed by atoms with van der Waals surface area (Å²) >= 11 is 4.49. The Hall–Kier alpha value is -0.690. The first-order valence-electron chi connectivity index (χ1n) is 6.66.